The second-order valence-electron chi connectivity index (χ2n) is 6.43. The predicted molar refractivity (Wildman–Crippen MR) is 75.9 cm³/mol. The largest absolute Gasteiger partial charge is 0.409 e. The second kappa shape index (κ2) is 6.26. The fraction of sp³-hybridized carbons (Fsp3) is 0.857. The lowest BCUT2D eigenvalue weighted by atomic mass is 9.61. The molecule has 1 rings (SSSR count). The summed E-state index contributed by atoms with van der Waals surface area (Å²) in [7, 11) is 0. The van der Waals surface area contributed by atoms with Crippen molar-refractivity contribution in [3.8, 4) is 0 Å². The number of amidine groups is 1. The summed E-state index contributed by atoms with van der Waals surface area (Å²) in [4.78, 5) is 12.4. The van der Waals surface area contributed by atoms with Crippen LogP contribution in [0, 0.1) is 17.3 Å². The summed E-state index contributed by atoms with van der Waals surface area (Å²) >= 11 is 0. The maximum absolute atomic E-state index is 12.4. The maximum Gasteiger partial charge on any atom is 0.234 e. The zero-order chi connectivity index (χ0) is 14.6. The van der Waals surface area contributed by atoms with Crippen molar-refractivity contribution in [2.75, 3.05) is 0 Å². The minimum atomic E-state index is -0.791. The van der Waals surface area contributed by atoms with Gasteiger partial charge in [-0.2, -0.15) is 0 Å². The monoisotopic (exact) mass is 269 g/mol. The van der Waals surface area contributed by atoms with Gasteiger partial charge in [0.25, 0.3) is 0 Å². The molecule has 0 heterocycles. The van der Waals surface area contributed by atoms with Gasteiger partial charge in [0.15, 0.2) is 5.84 Å². The van der Waals surface area contributed by atoms with Crippen molar-refractivity contribution < 1.29 is 10.0 Å². The average Bonchev–Trinajstić information content (AvgIpc) is 2.30. The fourth-order valence-corrected chi connectivity index (χ4v) is 2.75. The Morgan fingerprint density at radius 3 is 2.42 bits per heavy atom. The number of amides is 1. The molecule has 1 amide bonds. The molecule has 0 saturated heterocycles. The van der Waals surface area contributed by atoms with E-state index in [2.05, 4.69) is 31.2 Å². The number of hydrogen-bond donors (Lipinski definition) is 3. The standard InChI is InChI=1S/C14H27N3O2/c1-9(2)5-6-11(4)16-13(18)14(12(15)17-19)7-10(3)8-14/h9-11,19H,5-8H2,1-4H3,(H2,15,17)(H,16,18). The number of rotatable bonds is 6. The van der Waals surface area contributed by atoms with Crippen LogP contribution in [-0.4, -0.2) is 23.0 Å². The Morgan fingerprint density at radius 1 is 1.42 bits per heavy atom. The summed E-state index contributed by atoms with van der Waals surface area (Å²) in [5.74, 6) is 1.01. The van der Waals surface area contributed by atoms with Gasteiger partial charge in [0.2, 0.25) is 5.91 Å². The van der Waals surface area contributed by atoms with Gasteiger partial charge in [0, 0.05) is 6.04 Å². The molecule has 1 aliphatic carbocycles. The molecule has 4 N–H and O–H groups in total. The van der Waals surface area contributed by atoms with Crippen molar-refractivity contribution in [2.45, 2.75) is 59.4 Å². The number of nitrogens with zero attached hydrogens (tertiary/aromatic N) is 1. The Balaban J connectivity index is 2.60. The van der Waals surface area contributed by atoms with E-state index in [1.807, 2.05) is 6.92 Å². The summed E-state index contributed by atoms with van der Waals surface area (Å²) in [6, 6.07) is 0.120. The molecule has 0 bridgehead atoms. The number of nitrogens with two attached hydrogens (primary N) is 1. The number of carbonyl (C=O) groups is 1. The summed E-state index contributed by atoms with van der Waals surface area (Å²) in [6.45, 7) is 8.40. The third kappa shape index (κ3) is 3.61. The lowest BCUT2D eigenvalue weighted by molar-refractivity contribution is -0.133. The van der Waals surface area contributed by atoms with E-state index in [4.69, 9.17) is 10.9 Å². The molecule has 0 spiro atoms. The molecule has 5 heteroatoms. The van der Waals surface area contributed by atoms with E-state index in [1.165, 1.54) is 0 Å². The van der Waals surface area contributed by atoms with Crippen molar-refractivity contribution >= 4 is 11.7 Å². The van der Waals surface area contributed by atoms with Crippen molar-refractivity contribution in [2.24, 2.45) is 28.1 Å². The first-order chi connectivity index (χ1) is 8.81. The summed E-state index contributed by atoms with van der Waals surface area (Å²) in [6.07, 6.45) is 3.34. The van der Waals surface area contributed by atoms with Crippen LogP contribution in [0.4, 0.5) is 0 Å². The Bertz CT molecular complexity index is 347. The Kier molecular flexibility index (Phi) is 5.20. The van der Waals surface area contributed by atoms with Crippen LogP contribution in [0.1, 0.15) is 53.4 Å². The molecule has 5 nitrogen and oxygen atoms in total. The summed E-state index contributed by atoms with van der Waals surface area (Å²) in [5, 5.41) is 14.9. The zero-order valence-corrected chi connectivity index (χ0v) is 12.4. The van der Waals surface area contributed by atoms with Crippen molar-refractivity contribution in [3.63, 3.8) is 0 Å². The molecule has 0 radical (unpaired) electrons. The highest BCUT2D eigenvalue weighted by Crippen LogP contribution is 2.46. The summed E-state index contributed by atoms with van der Waals surface area (Å²) in [5.41, 5.74) is 4.92. The quantitative estimate of drug-likeness (QED) is 0.298. The second-order valence-corrected chi connectivity index (χ2v) is 6.43. The minimum Gasteiger partial charge on any atom is -0.409 e. The molecule has 19 heavy (non-hydrogen) atoms. The van der Waals surface area contributed by atoms with Crippen LogP contribution >= 0.6 is 0 Å². The van der Waals surface area contributed by atoms with E-state index in [0.717, 1.165) is 12.8 Å². The molecular weight excluding hydrogens is 242 g/mol. The first kappa shape index (κ1) is 15.8. The lowest BCUT2D eigenvalue weighted by Crippen LogP contribution is -2.58. The van der Waals surface area contributed by atoms with Gasteiger partial charge in [-0.25, -0.2) is 0 Å². The first-order valence-corrected chi connectivity index (χ1v) is 7.10. The highest BCUT2D eigenvalue weighted by molar-refractivity contribution is 6.07. The molecule has 110 valence electrons. The number of hydrogen-bond acceptors (Lipinski definition) is 3. The summed E-state index contributed by atoms with van der Waals surface area (Å²) < 4.78 is 0. The van der Waals surface area contributed by atoms with Crippen molar-refractivity contribution in [1.82, 2.24) is 5.32 Å². The van der Waals surface area contributed by atoms with Crippen LogP contribution in [0.5, 0.6) is 0 Å². The number of nitrogens with one attached hydrogen (secondary N) is 1. The lowest BCUT2D eigenvalue weighted by Gasteiger charge is -2.44. The van der Waals surface area contributed by atoms with Crippen molar-refractivity contribution in [1.29, 1.82) is 0 Å². The minimum absolute atomic E-state index is 0.0409. The Labute approximate surface area is 115 Å². The fourth-order valence-electron chi connectivity index (χ4n) is 2.75. The maximum atomic E-state index is 12.4. The van der Waals surface area contributed by atoms with E-state index in [-0.39, 0.29) is 17.8 Å². The van der Waals surface area contributed by atoms with Gasteiger partial charge in [0.05, 0.1) is 0 Å². The van der Waals surface area contributed by atoms with Gasteiger partial charge in [-0.05, 0) is 44.4 Å². The van der Waals surface area contributed by atoms with Gasteiger partial charge in [0.1, 0.15) is 5.41 Å². The molecule has 1 atom stereocenters. The van der Waals surface area contributed by atoms with E-state index in [9.17, 15) is 4.79 Å². The molecule has 0 aromatic heterocycles. The molecular formula is C14H27N3O2. The number of carbonyl (C=O) groups excluding carboxylic acids is 1. The van der Waals surface area contributed by atoms with Gasteiger partial charge < -0.3 is 16.3 Å². The molecule has 0 aliphatic heterocycles. The molecule has 1 aliphatic rings. The molecule has 0 aromatic rings. The highest BCUT2D eigenvalue weighted by atomic mass is 16.4. The normalized spacial score (nSPS) is 28.9. The van der Waals surface area contributed by atoms with Gasteiger partial charge in [-0.15, -0.1) is 0 Å². The number of oxime groups is 1. The zero-order valence-electron chi connectivity index (χ0n) is 12.4. The van der Waals surface area contributed by atoms with Crippen LogP contribution in [0.15, 0.2) is 5.16 Å². The van der Waals surface area contributed by atoms with Crippen LogP contribution in [-0.2, 0) is 4.79 Å². The van der Waals surface area contributed by atoms with E-state index >= 15 is 0 Å². The third-order valence-electron chi connectivity index (χ3n) is 3.98. The topological polar surface area (TPSA) is 87.7 Å². The van der Waals surface area contributed by atoms with Crippen molar-refractivity contribution in [3.05, 3.63) is 0 Å². The van der Waals surface area contributed by atoms with E-state index in [0.29, 0.717) is 24.7 Å². The third-order valence-corrected chi connectivity index (χ3v) is 3.98. The van der Waals surface area contributed by atoms with E-state index < -0.39 is 5.41 Å². The average molecular weight is 269 g/mol. The van der Waals surface area contributed by atoms with Crippen LogP contribution in [0.3, 0.4) is 0 Å². The van der Waals surface area contributed by atoms with Gasteiger partial charge in [-0.1, -0.05) is 25.9 Å². The molecule has 1 fully saturated rings. The highest BCUT2D eigenvalue weighted by Gasteiger charge is 2.52. The molecule has 1 saturated carbocycles. The predicted octanol–water partition coefficient (Wildman–Crippen LogP) is 2.09. The Hall–Kier alpha value is -1.26. The smallest absolute Gasteiger partial charge is 0.234 e. The van der Waals surface area contributed by atoms with Gasteiger partial charge >= 0.3 is 0 Å². The SMILES string of the molecule is CC(C)CCC(C)NC(=O)C1(C(N)=NO)CC(C)C1. The molecule has 0 aromatic carbocycles. The Morgan fingerprint density at radius 2 is 2.00 bits per heavy atom. The van der Waals surface area contributed by atoms with Crippen LogP contribution < -0.4 is 11.1 Å². The van der Waals surface area contributed by atoms with Crippen LogP contribution in [0.2, 0.25) is 0 Å². The van der Waals surface area contributed by atoms with E-state index in [1.54, 1.807) is 0 Å². The first-order valence-electron chi connectivity index (χ1n) is 7.10. The van der Waals surface area contributed by atoms with Gasteiger partial charge in [-0.3, -0.25) is 4.79 Å². The van der Waals surface area contributed by atoms with Crippen LogP contribution in [0.25, 0.3) is 0 Å². The molecule has 1 unspecified atom stereocenters.